The van der Waals surface area contributed by atoms with Gasteiger partial charge in [-0.1, -0.05) is 54.7 Å². The fourth-order valence-electron chi connectivity index (χ4n) is 3.71. The molecule has 1 aliphatic heterocycles. The number of rotatable bonds is 2. The van der Waals surface area contributed by atoms with Gasteiger partial charge >= 0.3 is 5.97 Å². The number of carboxylic acid groups (broad SMARTS) is 1. The predicted octanol–water partition coefficient (Wildman–Crippen LogP) is 4.25. The summed E-state index contributed by atoms with van der Waals surface area (Å²) >= 11 is 0. The molecule has 0 spiro atoms. The van der Waals surface area contributed by atoms with Gasteiger partial charge in [0.05, 0.1) is 8.07 Å². The molecule has 0 fully saturated rings. The molecule has 0 aliphatic carbocycles. The number of carbonyl (C=O) groups is 1. The van der Waals surface area contributed by atoms with Crippen LogP contribution in [0.25, 0.3) is 11.3 Å². The Morgan fingerprint density at radius 3 is 2.22 bits per heavy atom. The van der Waals surface area contributed by atoms with Gasteiger partial charge in [0.2, 0.25) is 0 Å². The van der Waals surface area contributed by atoms with Gasteiger partial charge in [-0.3, -0.25) is 0 Å². The molecule has 0 atom stereocenters. The number of aromatic nitrogens is 2. The zero-order valence-electron chi connectivity index (χ0n) is 17.6. The molecular formula is C25H21IrN2O3Si-. The molecule has 3 heterocycles. The fraction of sp³-hybridized carbons (Fsp3) is 0.0800. The molecule has 0 bridgehead atoms. The number of aromatic carboxylic acids is 1. The van der Waals surface area contributed by atoms with Crippen molar-refractivity contribution in [2.75, 3.05) is 0 Å². The maximum atomic E-state index is 10.1. The van der Waals surface area contributed by atoms with E-state index in [2.05, 4.69) is 47.3 Å². The normalized spacial score (nSPS) is 12.6. The second kappa shape index (κ2) is 10.00. The molecule has 1 radical (unpaired) electrons. The van der Waals surface area contributed by atoms with E-state index >= 15 is 0 Å². The van der Waals surface area contributed by atoms with E-state index in [1.807, 2.05) is 42.6 Å². The first kappa shape index (κ1) is 23.5. The summed E-state index contributed by atoms with van der Waals surface area (Å²) in [6.07, 6.45) is 3.28. The van der Waals surface area contributed by atoms with Gasteiger partial charge in [-0.25, -0.2) is 9.78 Å². The first-order valence-electron chi connectivity index (χ1n) is 9.86. The number of carboxylic acids is 1. The minimum atomic E-state index is -1.86. The van der Waals surface area contributed by atoms with Crippen molar-refractivity contribution in [1.29, 1.82) is 0 Å². The smallest absolute Gasteiger partial charge is 0.354 e. The third kappa shape index (κ3) is 4.70. The van der Waals surface area contributed by atoms with Crippen molar-refractivity contribution in [3.8, 4) is 22.8 Å². The minimum absolute atomic E-state index is 0. The molecule has 0 saturated carbocycles. The van der Waals surface area contributed by atoms with E-state index in [9.17, 15) is 4.79 Å². The largest absolute Gasteiger partial charge is 0.477 e. The molecule has 0 saturated heterocycles. The van der Waals surface area contributed by atoms with Crippen molar-refractivity contribution in [3.05, 3.63) is 97.0 Å². The van der Waals surface area contributed by atoms with E-state index in [0.29, 0.717) is 0 Å². The van der Waals surface area contributed by atoms with Crippen LogP contribution in [0.15, 0.2) is 85.2 Å². The summed E-state index contributed by atoms with van der Waals surface area (Å²) < 4.78 is 6.16. The summed E-state index contributed by atoms with van der Waals surface area (Å²) in [5, 5.41) is 10.9. The molecule has 163 valence electrons. The second-order valence-corrected chi connectivity index (χ2v) is 11.8. The van der Waals surface area contributed by atoms with Crippen molar-refractivity contribution >= 4 is 24.4 Å². The van der Waals surface area contributed by atoms with Crippen LogP contribution in [0.3, 0.4) is 0 Å². The van der Waals surface area contributed by atoms with Crippen molar-refractivity contribution in [3.63, 3.8) is 0 Å². The molecule has 5 nitrogen and oxygen atoms in total. The summed E-state index contributed by atoms with van der Waals surface area (Å²) in [5.74, 6) is 0.954. The predicted molar refractivity (Wildman–Crippen MR) is 123 cm³/mol. The number of ether oxygens (including phenoxy) is 1. The molecule has 7 heteroatoms. The average Bonchev–Trinajstić information content (AvgIpc) is 2.80. The quantitative estimate of drug-likeness (QED) is 0.269. The Bertz CT molecular complexity index is 1220. The van der Waals surface area contributed by atoms with Crippen LogP contribution in [0.2, 0.25) is 13.1 Å². The van der Waals surface area contributed by atoms with Gasteiger partial charge in [0.15, 0.2) is 0 Å². The Hall–Kier alpha value is -3.12. The molecule has 1 N–H and O–H groups in total. The van der Waals surface area contributed by atoms with Gasteiger partial charge in [-0.2, -0.15) is 0 Å². The Kier molecular flexibility index (Phi) is 7.35. The summed E-state index contributed by atoms with van der Waals surface area (Å²) in [7, 11) is -1.86. The molecular weight excluding hydrogens is 597 g/mol. The van der Waals surface area contributed by atoms with Gasteiger partial charge in [0.25, 0.3) is 0 Å². The first-order valence-corrected chi connectivity index (χ1v) is 12.9. The molecule has 32 heavy (non-hydrogen) atoms. The number of fused-ring (bicyclic) bond motifs is 2. The van der Waals surface area contributed by atoms with E-state index in [1.165, 1.54) is 22.6 Å². The summed E-state index contributed by atoms with van der Waals surface area (Å²) in [4.78, 5) is 18.2. The molecule has 2 aromatic heterocycles. The van der Waals surface area contributed by atoms with Crippen molar-refractivity contribution < 1.29 is 34.7 Å². The monoisotopic (exact) mass is 618 g/mol. The summed E-state index contributed by atoms with van der Waals surface area (Å²) in [6, 6.07) is 26.5. The minimum Gasteiger partial charge on any atom is -0.477 e. The first-order chi connectivity index (χ1) is 15.0. The Morgan fingerprint density at radius 2 is 1.59 bits per heavy atom. The van der Waals surface area contributed by atoms with Crippen LogP contribution in [-0.2, 0) is 20.1 Å². The van der Waals surface area contributed by atoms with Gasteiger partial charge in [-0.15, -0.1) is 23.8 Å². The van der Waals surface area contributed by atoms with Gasteiger partial charge in [-0.05, 0) is 35.1 Å². The fourth-order valence-corrected chi connectivity index (χ4v) is 6.82. The zero-order chi connectivity index (χ0) is 21.8. The van der Waals surface area contributed by atoms with Crippen LogP contribution < -0.4 is 15.1 Å². The number of hydrogen-bond donors (Lipinski definition) is 1. The Labute approximate surface area is 201 Å². The van der Waals surface area contributed by atoms with E-state index in [-0.39, 0.29) is 25.8 Å². The maximum Gasteiger partial charge on any atom is 0.354 e. The second-order valence-electron chi connectivity index (χ2n) is 7.55. The van der Waals surface area contributed by atoms with E-state index < -0.39 is 14.0 Å². The molecule has 0 unspecified atom stereocenters. The van der Waals surface area contributed by atoms with E-state index in [4.69, 9.17) is 9.84 Å². The molecule has 0 amide bonds. The van der Waals surface area contributed by atoms with Crippen LogP contribution in [0.4, 0.5) is 0 Å². The molecule has 1 aliphatic rings. The Morgan fingerprint density at radius 1 is 0.906 bits per heavy atom. The molecule has 2 aromatic carbocycles. The number of para-hydroxylation sites is 1. The standard InChI is InChI=1S/C19H16NOSi.C6H5NO2.Ir/c1-22(2)18-12-4-3-10-16(18)21-17-11-7-8-14(19(17)22)15-9-5-6-13-20-15;8-6(9)5-3-1-2-4-7-5;/h3-7,9-13H,1-2H3;1-4H,(H,8,9);/q-1;;. The van der Waals surface area contributed by atoms with Crippen molar-refractivity contribution in [1.82, 2.24) is 9.97 Å². The van der Waals surface area contributed by atoms with Crippen molar-refractivity contribution in [2.45, 2.75) is 13.1 Å². The zero-order valence-corrected chi connectivity index (χ0v) is 21.0. The van der Waals surface area contributed by atoms with Crippen LogP contribution in [0.1, 0.15) is 10.5 Å². The number of nitrogens with zero attached hydrogens (tertiary/aromatic N) is 2. The van der Waals surface area contributed by atoms with Gasteiger partial charge in [0.1, 0.15) is 11.4 Å². The van der Waals surface area contributed by atoms with Crippen LogP contribution >= 0.6 is 0 Å². The van der Waals surface area contributed by atoms with E-state index in [1.54, 1.807) is 12.1 Å². The van der Waals surface area contributed by atoms with Crippen molar-refractivity contribution in [2.24, 2.45) is 0 Å². The summed E-state index contributed by atoms with van der Waals surface area (Å²) in [5.41, 5.74) is 2.12. The van der Waals surface area contributed by atoms with Crippen LogP contribution in [-0.4, -0.2) is 29.1 Å². The third-order valence-corrected chi connectivity index (χ3v) is 8.68. The SMILES string of the molecule is C[Si]1(C)c2ccccc2Oc2cc[c-]c(-c3ccccn3)c21.O=C(O)c1ccccn1.[Ir]. The maximum absolute atomic E-state index is 10.1. The van der Waals surface area contributed by atoms with Gasteiger partial charge in [0, 0.05) is 38.2 Å². The topological polar surface area (TPSA) is 72.3 Å². The number of benzene rings is 2. The number of hydrogen-bond acceptors (Lipinski definition) is 4. The number of pyridine rings is 2. The molecule has 5 rings (SSSR count). The van der Waals surface area contributed by atoms with E-state index in [0.717, 1.165) is 22.8 Å². The third-order valence-electron chi connectivity index (χ3n) is 5.17. The van der Waals surface area contributed by atoms with Crippen LogP contribution in [0, 0.1) is 6.07 Å². The summed E-state index contributed by atoms with van der Waals surface area (Å²) in [6.45, 7) is 4.74. The average molecular weight is 618 g/mol. The van der Waals surface area contributed by atoms with Gasteiger partial charge < -0.3 is 14.8 Å². The Balaban J connectivity index is 0.000000246. The van der Waals surface area contributed by atoms with Crippen LogP contribution in [0.5, 0.6) is 11.5 Å². The molecule has 4 aromatic rings.